The van der Waals surface area contributed by atoms with Gasteiger partial charge in [0.05, 0.1) is 12.1 Å². The zero-order valence-corrected chi connectivity index (χ0v) is 13.6. The SMILES string of the molecule is CCn1cc(C(=O)N[C@H](C)COC)c(=O)c2cc(Cl)ccc21. The van der Waals surface area contributed by atoms with Crippen LogP contribution in [-0.2, 0) is 11.3 Å². The van der Waals surface area contributed by atoms with E-state index in [1.807, 2.05) is 18.4 Å². The van der Waals surface area contributed by atoms with Crippen LogP contribution in [0.5, 0.6) is 0 Å². The van der Waals surface area contributed by atoms with Gasteiger partial charge >= 0.3 is 0 Å². The largest absolute Gasteiger partial charge is 0.383 e. The first kappa shape index (κ1) is 16.5. The number of halogens is 1. The first-order valence-electron chi connectivity index (χ1n) is 7.10. The number of carbonyl (C=O) groups excluding carboxylic acids is 1. The number of rotatable bonds is 5. The summed E-state index contributed by atoms with van der Waals surface area (Å²) in [5, 5.41) is 3.67. The van der Waals surface area contributed by atoms with Crippen LogP contribution in [0.2, 0.25) is 5.02 Å². The highest BCUT2D eigenvalue weighted by molar-refractivity contribution is 6.31. The molecule has 1 aromatic carbocycles. The van der Waals surface area contributed by atoms with Crippen LogP contribution in [0.4, 0.5) is 0 Å². The van der Waals surface area contributed by atoms with Crippen LogP contribution >= 0.6 is 11.6 Å². The van der Waals surface area contributed by atoms with Crippen molar-refractivity contribution in [3.63, 3.8) is 0 Å². The second kappa shape index (κ2) is 6.94. The number of methoxy groups -OCH3 is 1. The van der Waals surface area contributed by atoms with E-state index in [0.717, 1.165) is 5.52 Å². The average molecular weight is 323 g/mol. The first-order valence-corrected chi connectivity index (χ1v) is 7.48. The van der Waals surface area contributed by atoms with E-state index in [4.69, 9.17) is 16.3 Å². The zero-order valence-electron chi connectivity index (χ0n) is 12.9. The van der Waals surface area contributed by atoms with E-state index in [9.17, 15) is 9.59 Å². The molecule has 0 bridgehead atoms. The maximum atomic E-state index is 12.6. The zero-order chi connectivity index (χ0) is 16.3. The molecule has 0 spiro atoms. The molecule has 1 N–H and O–H groups in total. The maximum Gasteiger partial charge on any atom is 0.257 e. The predicted molar refractivity (Wildman–Crippen MR) is 87.7 cm³/mol. The van der Waals surface area contributed by atoms with Gasteiger partial charge in [0.2, 0.25) is 5.43 Å². The predicted octanol–water partition coefficient (Wildman–Crippen LogP) is 2.44. The minimum Gasteiger partial charge on any atom is -0.383 e. The number of hydrogen-bond donors (Lipinski definition) is 1. The summed E-state index contributed by atoms with van der Waals surface area (Å²) < 4.78 is 6.85. The molecular formula is C16H19ClN2O3. The van der Waals surface area contributed by atoms with E-state index < -0.39 is 5.91 Å². The van der Waals surface area contributed by atoms with Gasteiger partial charge in [0, 0.05) is 36.3 Å². The van der Waals surface area contributed by atoms with Crippen molar-refractivity contribution in [3.05, 3.63) is 45.2 Å². The second-order valence-corrected chi connectivity index (χ2v) is 5.59. The van der Waals surface area contributed by atoms with Crippen molar-refractivity contribution in [2.45, 2.75) is 26.4 Å². The lowest BCUT2D eigenvalue weighted by atomic mass is 10.1. The third-order valence-corrected chi connectivity index (χ3v) is 3.66. The van der Waals surface area contributed by atoms with E-state index in [2.05, 4.69) is 5.32 Å². The summed E-state index contributed by atoms with van der Waals surface area (Å²) in [6, 6.07) is 4.94. The Morgan fingerprint density at radius 1 is 1.45 bits per heavy atom. The average Bonchev–Trinajstić information content (AvgIpc) is 2.48. The number of pyridine rings is 1. The smallest absolute Gasteiger partial charge is 0.257 e. The van der Waals surface area contributed by atoms with Crippen molar-refractivity contribution in [2.75, 3.05) is 13.7 Å². The Morgan fingerprint density at radius 3 is 2.82 bits per heavy atom. The van der Waals surface area contributed by atoms with Gasteiger partial charge in [0.15, 0.2) is 0 Å². The number of carbonyl (C=O) groups is 1. The molecule has 6 heteroatoms. The van der Waals surface area contributed by atoms with Gasteiger partial charge in [-0.05, 0) is 32.0 Å². The molecule has 0 aliphatic heterocycles. The molecule has 1 atom stereocenters. The molecule has 0 aliphatic rings. The molecule has 5 nitrogen and oxygen atoms in total. The highest BCUT2D eigenvalue weighted by Crippen LogP contribution is 2.17. The molecule has 2 aromatic rings. The maximum absolute atomic E-state index is 12.6. The Labute approximate surface area is 133 Å². The van der Waals surface area contributed by atoms with E-state index in [0.29, 0.717) is 23.6 Å². The summed E-state index contributed by atoms with van der Waals surface area (Å²) in [4.78, 5) is 24.9. The monoisotopic (exact) mass is 322 g/mol. The molecule has 22 heavy (non-hydrogen) atoms. The van der Waals surface area contributed by atoms with Crippen molar-refractivity contribution >= 4 is 28.4 Å². The number of aryl methyl sites for hydroxylation is 1. The van der Waals surface area contributed by atoms with Crippen LogP contribution in [0.1, 0.15) is 24.2 Å². The van der Waals surface area contributed by atoms with Gasteiger partial charge in [-0.25, -0.2) is 0 Å². The van der Waals surface area contributed by atoms with Crippen molar-refractivity contribution < 1.29 is 9.53 Å². The van der Waals surface area contributed by atoms with Gasteiger partial charge < -0.3 is 14.6 Å². The first-order chi connectivity index (χ1) is 10.5. The summed E-state index contributed by atoms with van der Waals surface area (Å²) in [5.74, 6) is -0.404. The van der Waals surface area contributed by atoms with Crippen LogP contribution in [0, 0.1) is 0 Å². The lowest BCUT2D eigenvalue weighted by molar-refractivity contribution is 0.0904. The fourth-order valence-corrected chi connectivity index (χ4v) is 2.56. The third-order valence-electron chi connectivity index (χ3n) is 3.42. The molecule has 0 radical (unpaired) electrons. The topological polar surface area (TPSA) is 60.3 Å². The van der Waals surface area contributed by atoms with Crippen molar-refractivity contribution in [1.82, 2.24) is 9.88 Å². The van der Waals surface area contributed by atoms with Gasteiger partial charge in [-0.15, -0.1) is 0 Å². The number of benzene rings is 1. The Morgan fingerprint density at radius 2 is 2.18 bits per heavy atom. The minimum absolute atomic E-state index is 0.111. The fourth-order valence-electron chi connectivity index (χ4n) is 2.39. The molecule has 0 unspecified atom stereocenters. The molecule has 1 aromatic heterocycles. The number of nitrogens with zero attached hydrogens (tertiary/aromatic N) is 1. The van der Waals surface area contributed by atoms with Gasteiger partial charge in [0.25, 0.3) is 5.91 Å². The van der Waals surface area contributed by atoms with Crippen LogP contribution in [-0.4, -0.2) is 30.2 Å². The molecule has 1 heterocycles. The van der Waals surface area contributed by atoms with Gasteiger partial charge in [-0.3, -0.25) is 9.59 Å². The van der Waals surface area contributed by atoms with Crippen molar-refractivity contribution in [3.8, 4) is 0 Å². The summed E-state index contributed by atoms with van der Waals surface area (Å²) in [6.45, 7) is 4.80. The Kier molecular flexibility index (Phi) is 5.21. The highest BCUT2D eigenvalue weighted by Gasteiger charge is 2.17. The standard InChI is InChI=1S/C16H19ClN2O3/c1-4-19-8-13(16(21)18-10(2)9-22-3)15(20)12-7-11(17)5-6-14(12)19/h5-8,10H,4,9H2,1-3H3,(H,18,21)/t10-/m1/s1. The lowest BCUT2D eigenvalue weighted by Gasteiger charge is -2.15. The van der Waals surface area contributed by atoms with Crippen LogP contribution in [0.15, 0.2) is 29.2 Å². The summed E-state index contributed by atoms with van der Waals surface area (Å²) in [7, 11) is 1.56. The Balaban J connectivity index is 2.52. The second-order valence-electron chi connectivity index (χ2n) is 5.15. The molecule has 1 amide bonds. The number of hydrogen-bond acceptors (Lipinski definition) is 3. The van der Waals surface area contributed by atoms with Crippen molar-refractivity contribution in [1.29, 1.82) is 0 Å². The van der Waals surface area contributed by atoms with Crippen LogP contribution < -0.4 is 10.7 Å². The number of ether oxygens (including phenoxy) is 1. The van der Waals surface area contributed by atoms with E-state index in [1.54, 1.807) is 31.5 Å². The number of fused-ring (bicyclic) bond motifs is 1. The summed E-state index contributed by atoms with van der Waals surface area (Å²) in [6.07, 6.45) is 1.59. The third kappa shape index (κ3) is 3.31. The highest BCUT2D eigenvalue weighted by atomic mass is 35.5. The summed E-state index contributed by atoms with van der Waals surface area (Å²) >= 11 is 5.98. The molecule has 0 saturated heterocycles. The van der Waals surface area contributed by atoms with Crippen LogP contribution in [0.25, 0.3) is 10.9 Å². The lowest BCUT2D eigenvalue weighted by Crippen LogP contribution is -2.38. The number of aromatic nitrogens is 1. The fraction of sp³-hybridized carbons (Fsp3) is 0.375. The van der Waals surface area contributed by atoms with E-state index >= 15 is 0 Å². The molecular weight excluding hydrogens is 304 g/mol. The van der Waals surface area contributed by atoms with Gasteiger partial charge in [-0.1, -0.05) is 11.6 Å². The van der Waals surface area contributed by atoms with Crippen molar-refractivity contribution in [2.24, 2.45) is 0 Å². The quantitative estimate of drug-likeness (QED) is 0.919. The van der Waals surface area contributed by atoms with Crippen LogP contribution in [0.3, 0.4) is 0 Å². The van der Waals surface area contributed by atoms with E-state index in [1.165, 1.54) is 0 Å². The molecule has 2 rings (SSSR count). The number of amides is 1. The Bertz CT molecular complexity index is 755. The summed E-state index contributed by atoms with van der Waals surface area (Å²) in [5.41, 5.74) is 0.558. The number of nitrogens with one attached hydrogen (secondary N) is 1. The normalized spacial score (nSPS) is 12.4. The minimum atomic E-state index is -0.404. The molecule has 118 valence electrons. The Hall–Kier alpha value is -1.85. The van der Waals surface area contributed by atoms with Gasteiger partial charge in [-0.2, -0.15) is 0 Å². The van der Waals surface area contributed by atoms with E-state index in [-0.39, 0.29) is 17.0 Å². The molecule has 0 saturated carbocycles. The molecule has 0 fully saturated rings. The van der Waals surface area contributed by atoms with Gasteiger partial charge in [0.1, 0.15) is 5.56 Å². The molecule has 0 aliphatic carbocycles.